The zero-order chi connectivity index (χ0) is 15.4. The van der Waals surface area contributed by atoms with Gasteiger partial charge in [0.05, 0.1) is 17.4 Å². The highest BCUT2D eigenvalue weighted by atomic mass is 16.4. The van der Waals surface area contributed by atoms with E-state index in [1.54, 1.807) is 24.4 Å². The molecule has 0 radical (unpaired) electrons. The number of aromatic amines is 1. The minimum atomic E-state index is -1.07. The number of aryl methyl sites for hydroxylation is 1. The van der Waals surface area contributed by atoms with Crippen LogP contribution in [0.3, 0.4) is 0 Å². The Kier molecular flexibility index (Phi) is 4.22. The number of benzene rings is 1. The van der Waals surface area contributed by atoms with Crippen molar-refractivity contribution in [3.8, 4) is 0 Å². The van der Waals surface area contributed by atoms with Crippen molar-refractivity contribution in [2.24, 2.45) is 0 Å². The second-order valence-electron chi connectivity index (χ2n) is 4.56. The van der Waals surface area contributed by atoms with Crippen LogP contribution in [0.4, 0.5) is 10.5 Å². The Morgan fingerprint density at radius 3 is 2.71 bits per heavy atom. The molecule has 0 saturated carbocycles. The Morgan fingerprint density at radius 1 is 1.38 bits per heavy atom. The summed E-state index contributed by atoms with van der Waals surface area (Å²) >= 11 is 0. The van der Waals surface area contributed by atoms with Crippen LogP contribution in [0.25, 0.3) is 0 Å². The molecule has 2 rings (SSSR count). The Bertz CT molecular complexity index is 666. The van der Waals surface area contributed by atoms with Crippen molar-refractivity contribution < 1.29 is 14.7 Å². The van der Waals surface area contributed by atoms with Gasteiger partial charge in [0, 0.05) is 24.8 Å². The van der Waals surface area contributed by atoms with E-state index in [0.717, 1.165) is 11.3 Å². The summed E-state index contributed by atoms with van der Waals surface area (Å²) in [7, 11) is 1.53. The maximum Gasteiger partial charge on any atom is 0.337 e. The Morgan fingerprint density at radius 2 is 2.10 bits per heavy atom. The lowest BCUT2D eigenvalue weighted by atomic mass is 10.1. The van der Waals surface area contributed by atoms with Gasteiger partial charge in [-0.25, -0.2) is 9.59 Å². The van der Waals surface area contributed by atoms with Gasteiger partial charge in [0.2, 0.25) is 0 Å². The molecule has 1 heterocycles. The van der Waals surface area contributed by atoms with Crippen LogP contribution in [0.2, 0.25) is 0 Å². The van der Waals surface area contributed by atoms with E-state index in [1.807, 2.05) is 6.92 Å². The summed E-state index contributed by atoms with van der Waals surface area (Å²) in [5, 5.41) is 18.5. The second kappa shape index (κ2) is 6.08. The molecule has 1 aromatic carbocycles. The SMILES string of the molecule is Cc1[nH]ncc1CNC(=O)N(C)c1ccccc1C(=O)O. The third-order valence-corrected chi connectivity index (χ3v) is 3.16. The Balaban J connectivity index is 2.09. The van der Waals surface area contributed by atoms with Crippen molar-refractivity contribution in [2.75, 3.05) is 11.9 Å². The predicted octanol–water partition coefficient (Wildman–Crippen LogP) is 1.76. The van der Waals surface area contributed by atoms with Gasteiger partial charge in [0.15, 0.2) is 0 Å². The van der Waals surface area contributed by atoms with Crippen LogP contribution in [0.15, 0.2) is 30.5 Å². The van der Waals surface area contributed by atoms with Crippen molar-refractivity contribution in [3.63, 3.8) is 0 Å². The van der Waals surface area contributed by atoms with E-state index in [2.05, 4.69) is 15.5 Å². The first-order valence-electron chi connectivity index (χ1n) is 6.33. The molecular weight excluding hydrogens is 272 g/mol. The van der Waals surface area contributed by atoms with E-state index in [1.165, 1.54) is 18.0 Å². The summed E-state index contributed by atoms with van der Waals surface area (Å²) in [5.74, 6) is -1.07. The molecule has 7 heteroatoms. The van der Waals surface area contributed by atoms with Gasteiger partial charge in [-0.15, -0.1) is 0 Å². The molecule has 0 unspecified atom stereocenters. The third-order valence-electron chi connectivity index (χ3n) is 3.16. The summed E-state index contributed by atoms with van der Waals surface area (Å²) in [6.07, 6.45) is 1.64. The van der Waals surface area contributed by atoms with Crippen LogP contribution in [0.1, 0.15) is 21.6 Å². The second-order valence-corrected chi connectivity index (χ2v) is 4.56. The number of aromatic carboxylic acids is 1. The summed E-state index contributed by atoms with van der Waals surface area (Å²) in [6, 6.07) is 5.97. The topological polar surface area (TPSA) is 98.3 Å². The molecule has 2 aromatic rings. The molecule has 2 amide bonds. The van der Waals surface area contributed by atoms with Gasteiger partial charge in [0.1, 0.15) is 0 Å². The summed E-state index contributed by atoms with van der Waals surface area (Å²) in [5.41, 5.74) is 2.17. The number of carbonyl (C=O) groups is 2. The number of nitrogens with zero attached hydrogens (tertiary/aromatic N) is 2. The molecule has 7 nitrogen and oxygen atoms in total. The van der Waals surface area contributed by atoms with Crippen molar-refractivity contribution >= 4 is 17.7 Å². The van der Waals surface area contributed by atoms with E-state index in [9.17, 15) is 9.59 Å². The van der Waals surface area contributed by atoms with Crippen LogP contribution in [0.5, 0.6) is 0 Å². The van der Waals surface area contributed by atoms with Crippen molar-refractivity contribution in [3.05, 3.63) is 47.3 Å². The number of anilines is 1. The van der Waals surface area contributed by atoms with Gasteiger partial charge >= 0.3 is 12.0 Å². The van der Waals surface area contributed by atoms with Gasteiger partial charge in [-0.1, -0.05) is 12.1 Å². The van der Waals surface area contributed by atoms with Gasteiger partial charge < -0.3 is 10.4 Å². The number of urea groups is 1. The molecule has 0 bridgehead atoms. The van der Waals surface area contributed by atoms with E-state index < -0.39 is 5.97 Å². The molecule has 0 aliphatic carbocycles. The highest BCUT2D eigenvalue weighted by molar-refractivity contribution is 6.01. The average Bonchev–Trinajstić information content (AvgIpc) is 2.89. The number of amides is 2. The molecule has 21 heavy (non-hydrogen) atoms. The highest BCUT2D eigenvalue weighted by Gasteiger charge is 2.17. The number of para-hydroxylation sites is 1. The Hall–Kier alpha value is -2.83. The zero-order valence-corrected chi connectivity index (χ0v) is 11.8. The molecular formula is C14H16N4O3. The van der Waals surface area contributed by atoms with Crippen molar-refractivity contribution in [1.82, 2.24) is 15.5 Å². The van der Waals surface area contributed by atoms with E-state index >= 15 is 0 Å². The molecule has 0 saturated heterocycles. The molecule has 3 N–H and O–H groups in total. The molecule has 0 atom stereocenters. The van der Waals surface area contributed by atoms with E-state index in [0.29, 0.717) is 12.2 Å². The number of hydrogen-bond donors (Lipinski definition) is 3. The smallest absolute Gasteiger partial charge is 0.337 e. The summed E-state index contributed by atoms with van der Waals surface area (Å²) in [6.45, 7) is 2.18. The third kappa shape index (κ3) is 3.19. The first kappa shape index (κ1) is 14.6. The number of aromatic nitrogens is 2. The van der Waals surface area contributed by atoms with E-state index in [-0.39, 0.29) is 11.6 Å². The zero-order valence-electron chi connectivity index (χ0n) is 11.8. The molecule has 0 aliphatic heterocycles. The maximum absolute atomic E-state index is 12.1. The fraction of sp³-hybridized carbons (Fsp3) is 0.214. The minimum absolute atomic E-state index is 0.0784. The standard InChI is InChI=1S/C14H16N4O3/c1-9-10(8-16-17-9)7-15-14(21)18(2)12-6-4-3-5-11(12)13(19)20/h3-6,8H,7H2,1-2H3,(H,15,21)(H,16,17)(H,19,20). The maximum atomic E-state index is 12.1. The number of carboxylic acid groups (broad SMARTS) is 1. The Labute approximate surface area is 121 Å². The average molecular weight is 288 g/mol. The summed E-state index contributed by atoms with van der Waals surface area (Å²) in [4.78, 5) is 24.6. The predicted molar refractivity (Wildman–Crippen MR) is 77.4 cm³/mol. The minimum Gasteiger partial charge on any atom is -0.478 e. The normalized spacial score (nSPS) is 10.2. The van der Waals surface area contributed by atoms with Crippen LogP contribution in [-0.4, -0.2) is 34.4 Å². The largest absolute Gasteiger partial charge is 0.478 e. The van der Waals surface area contributed by atoms with Gasteiger partial charge in [-0.3, -0.25) is 10.00 Å². The first-order valence-corrected chi connectivity index (χ1v) is 6.33. The van der Waals surface area contributed by atoms with Crippen LogP contribution < -0.4 is 10.2 Å². The summed E-state index contributed by atoms with van der Waals surface area (Å²) < 4.78 is 0. The first-order chi connectivity index (χ1) is 10.0. The van der Waals surface area contributed by atoms with Crippen molar-refractivity contribution in [2.45, 2.75) is 13.5 Å². The van der Waals surface area contributed by atoms with Gasteiger partial charge in [-0.2, -0.15) is 5.10 Å². The number of carboxylic acids is 1. The monoisotopic (exact) mass is 288 g/mol. The quantitative estimate of drug-likeness (QED) is 0.798. The molecule has 1 aromatic heterocycles. The molecule has 110 valence electrons. The number of H-pyrrole nitrogens is 1. The van der Waals surface area contributed by atoms with E-state index in [4.69, 9.17) is 5.11 Å². The van der Waals surface area contributed by atoms with Crippen molar-refractivity contribution in [1.29, 1.82) is 0 Å². The van der Waals surface area contributed by atoms with Gasteiger partial charge in [-0.05, 0) is 19.1 Å². The van der Waals surface area contributed by atoms with Gasteiger partial charge in [0.25, 0.3) is 0 Å². The lowest BCUT2D eigenvalue weighted by molar-refractivity contribution is 0.0697. The number of nitrogens with one attached hydrogen (secondary N) is 2. The number of rotatable bonds is 4. The fourth-order valence-electron chi connectivity index (χ4n) is 1.90. The van der Waals surface area contributed by atoms with Crippen LogP contribution in [-0.2, 0) is 6.54 Å². The van der Waals surface area contributed by atoms with Crippen LogP contribution >= 0.6 is 0 Å². The van der Waals surface area contributed by atoms with Crippen LogP contribution in [0, 0.1) is 6.92 Å². The molecule has 0 aliphatic rings. The number of hydrogen-bond acceptors (Lipinski definition) is 3. The fourth-order valence-corrected chi connectivity index (χ4v) is 1.90. The molecule has 0 spiro atoms. The number of carbonyl (C=O) groups excluding carboxylic acids is 1. The lowest BCUT2D eigenvalue weighted by Gasteiger charge is -2.19. The lowest BCUT2D eigenvalue weighted by Crippen LogP contribution is -2.37. The molecule has 0 fully saturated rings. The highest BCUT2D eigenvalue weighted by Crippen LogP contribution is 2.19.